The molecule has 2 rings (SSSR count). The number of aliphatic hydroxyl groups is 1. The van der Waals surface area contributed by atoms with Gasteiger partial charge in [-0.2, -0.15) is 0 Å². The molecule has 1 heterocycles. The predicted molar refractivity (Wildman–Crippen MR) is 83.4 cm³/mol. The lowest BCUT2D eigenvalue weighted by Gasteiger charge is -2.37. The normalized spacial score (nSPS) is 24.7. The zero-order valence-corrected chi connectivity index (χ0v) is 13.3. The maximum atomic E-state index is 12.3. The van der Waals surface area contributed by atoms with Crippen molar-refractivity contribution in [3.63, 3.8) is 0 Å². The van der Waals surface area contributed by atoms with Crippen molar-refractivity contribution in [3.05, 3.63) is 11.8 Å². The van der Waals surface area contributed by atoms with Gasteiger partial charge in [-0.15, -0.1) is 0 Å². The molecule has 2 aliphatic rings. The number of allylic oxidation sites excluding steroid dienone is 1. The van der Waals surface area contributed by atoms with Crippen LogP contribution in [0.3, 0.4) is 0 Å². The van der Waals surface area contributed by atoms with Crippen molar-refractivity contribution in [1.29, 1.82) is 5.41 Å². The van der Waals surface area contributed by atoms with Gasteiger partial charge in [-0.1, -0.05) is 27.2 Å². The number of amidine groups is 1. The Morgan fingerprint density at radius 1 is 1.29 bits per heavy atom. The standard InChI is InChI=1S/C16H27N3O2/c1-16(2,3)13(20)10-14(17)18-15(21)12-8-5-9-19(12)11-6-4-7-11/h10-12,20H,4-9H2,1-3H3,(H2,17,18,21)/b13-10-/t12-/m0/s1. The van der Waals surface area contributed by atoms with Gasteiger partial charge in [0.2, 0.25) is 5.91 Å². The van der Waals surface area contributed by atoms with Crippen LogP contribution in [-0.4, -0.2) is 40.4 Å². The molecule has 1 aliphatic heterocycles. The monoisotopic (exact) mass is 293 g/mol. The third kappa shape index (κ3) is 3.84. The number of rotatable bonds is 3. The number of nitrogens with one attached hydrogen (secondary N) is 2. The summed E-state index contributed by atoms with van der Waals surface area (Å²) in [6, 6.07) is 0.441. The summed E-state index contributed by atoms with van der Waals surface area (Å²) in [6.45, 7) is 6.58. The van der Waals surface area contributed by atoms with Gasteiger partial charge in [-0.05, 0) is 32.2 Å². The summed E-state index contributed by atoms with van der Waals surface area (Å²) in [6.07, 6.45) is 6.88. The van der Waals surface area contributed by atoms with Crippen LogP contribution in [0.1, 0.15) is 52.9 Å². The third-order valence-electron chi connectivity index (χ3n) is 4.45. The molecule has 0 spiro atoms. The molecular formula is C16H27N3O2. The Morgan fingerprint density at radius 3 is 2.48 bits per heavy atom. The van der Waals surface area contributed by atoms with Crippen molar-refractivity contribution in [3.8, 4) is 0 Å². The van der Waals surface area contributed by atoms with E-state index in [0.717, 1.165) is 19.4 Å². The van der Waals surface area contributed by atoms with Crippen molar-refractivity contribution >= 4 is 11.7 Å². The van der Waals surface area contributed by atoms with E-state index in [1.165, 1.54) is 25.3 Å². The van der Waals surface area contributed by atoms with Crippen LogP contribution in [-0.2, 0) is 4.79 Å². The van der Waals surface area contributed by atoms with E-state index < -0.39 is 5.41 Å². The summed E-state index contributed by atoms with van der Waals surface area (Å²) in [5.74, 6) is -0.0367. The van der Waals surface area contributed by atoms with Crippen LogP contribution in [0.5, 0.6) is 0 Å². The molecule has 0 bridgehead atoms. The van der Waals surface area contributed by atoms with Gasteiger partial charge >= 0.3 is 0 Å². The number of hydrogen-bond donors (Lipinski definition) is 3. The minimum atomic E-state index is -0.414. The molecule has 118 valence electrons. The van der Waals surface area contributed by atoms with E-state index in [1.54, 1.807) is 0 Å². The number of likely N-dealkylation sites (tertiary alicyclic amines) is 1. The van der Waals surface area contributed by atoms with E-state index in [4.69, 9.17) is 5.41 Å². The second-order valence-corrected chi connectivity index (χ2v) is 7.16. The Hall–Kier alpha value is -1.36. The quantitative estimate of drug-likeness (QED) is 0.425. The van der Waals surface area contributed by atoms with Gasteiger partial charge in [-0.25, -0.2) is 0 Å². The highest BCUT2D eigenvalue weighted by atomic mass is 16.3. The van der Waals surface area contributed by atoms with Gasteiger partial charge in [0.25, 0.3) is 0 Å². The highest BCUT2D eigenvalue weighted by Crippen LogP contribution is 2.31. The minimum Gasteiger partial charge on any atom is -0.512 e. The lowest BCUT2D eigenvalue weighted by molar-refractivity contribution is -0.125. The molecule has 1 saturated heterocycles. The predicted octanol–water partition coefficient (Wildman–Crippen LogP) is 2.58. The second kappa shape index (κ2) is 6.18. The molecular weight excluding hydrogens is 266 g/mol. The second-order valence-electron chi connectivity index (χ2n) is 7.16. The average molecular weight is 293 g/mol. The van der Waals surface area contributed by atoms with Crippen molar-refractivity contribution in [2.45, 2.75) is 65.0 Å². The number of hydrogen-bond acceptors (Lipinski definition) is 4. The van der Waals surface area contributed by atoms with Crippen LogP contribution >= 0.6 is 0 Å². The summed E-state index contributed by atoms with van der Waals surface area (Å²) in [7, 11) is 0. The smallest absolute Gasteiger partial charge is 0.242 e. The molecule has 0 aromatic heterocycles. The van der Waals surface area contributed by atoms with Crippen molar-refractivity contribution in [2.24, 2.45) is 5.41 Å². The van der Waals surface area contributed by atoms with Gasteiger partial charge in [0.1, 0.15) is 11.6 Å². The molecule has 0 aromatic carbocycles. The van der Waals surface area contributed by atoms with Crippen LogP contribution in [0.15, 0.2) is 11.8 Å². The number of carbonyl (C=O) groups excluding carboxylic acids is 1. The summed E-state index contributed by atoms with van der Waals surface area (Å²) in [5.41, 5.74) is -0.414. The topological polar surface area (TPSA) is 76.4 Å². The fourth-order valence-corrected chi connectivity index (χ4v) is 2.83. The van der Waals surface area contributed by atoms with Crippen LogP contribution in [0.4, 0.5) is 0 Å². The highest BCUT2D eigenvalue weighted by Gasteiger charge is 2.37. The molecule has 1 saturated carbocycles. The van der Waals surface area contributed by atoms with Crippen molar-refractivity contribution in [1.82, 2.24) is 10.2 Å². The first kappa shape index (κ1) is 16.0. The Bertz CT molecular complexity index is 447. The lowest BCUT2D eigenvalue weighted by atomic mass is 9.91. The SMILES string of the molecule is CC(C)(C)/C(O)=C/C(=N)NC(=O)[C@@H]1CCCN1C1CCC1. The van der Waals surface area contributed by atoms with E-state index in [-0.39, 0.29) is 23.5 Å². The van der Waals surface area contributed by atoms with Crippen LogP contribution < -0.4 is 5.32 Å². The van der Waals surface area contributed by atoms with Crippen molar-refractivity contribution in [2.75, 3.05) is 6.54 Å². The number of carbonyl (C=O) groups is 1. The molecule has 5 heteroatoms. The van der Waals surface area contributed by atoms with E-state index in [2.05, 4.69) is 10.2 Å². The molecule has 1 aliphatic carbocycles. The maximum absolute atomic E-state index is 12.3. The number of aliphatic hydroxyl groups excluding tert-OH is 1. The van der Waals surface area contributed by atoms with Gasteiger partial charge < -0.3 is 10.4 Å². The molecule has 5 nitrogen and oxygen atoms in total. The van der Waals surface area contributed by atoms with Gasteiger partial charge in [-0.3, -0.25) is 15.1 Å². The first-order chi connectivity index (χ1) is 9.79. The zero-order valence-electron chi connectivity index (χ0n) is 13.3. The summed E-state index contributed by atoms with van der Waals surface area (Å²) >= 11 is 0. The first-order valence-electron chi connectivity index (χ1n) is 7.85. The summed E-state index contributed by atoms with van der Waals surface area (Å²) in [5, 5.41) is 20.3. The van der Waals surface area contributed by atoms with E-state index in [1.807, 2.05) is 20.8 Å². The van der Waals surface area contributed by atoms with Crippen LogP contribution in [0.25, 0.3) is 0 Å². The third-order valence-corrected chi connectivity index (χ3v) is 4.45. The van der Waals surface area contributed by atoms with E-state index in [0.29, 0.717) is 6.04 Å². The molecule has 0 unspecified atom stereocenters. The zero-order chi connectivity index (χ0) is 15.6. The summed E-state index contributed by atoms with van der Waals surface area (Å²) in [4.78, 5) is 14.6. The summed E-state index contributed by atoms with van der Waals surface area (Å²) < 4.78 is 0. The van der Waals surface area contributed by atoms with Crippen molar-refractivity contribution < 1.29 is 9.90 Å². The molecule has 1 amide bonds. The molecule has 2 fully saturated rings. The molecule has 0 aromatic rings. The fraction of sp³-hybridized carbons (Fsp3) is 0.750. The van der Waals surface area contributed by atoms with Gasteiger partial charge in [0.05, 0.1) is 6.04 Å². The lowest BCUT2D eigenvalue weighted by Crippen LogP contribution is -2.50. The van der Waals surface area contributed by atoms with Gasteiger partial charge in [0.15, 0.2) is 0 Å². The fourth-order valence-electron chi connectivity index (χ4n) is 2.83. The van der Waals surface area contributed by atoms with Crippen LogP contribution in [0.2, 0.25) is 0 Å². The largest absolute Gasteiger partial charge is 0.512 e. The molecule has 1 atom stereocenters. The van der Waals surface area contributed by atoms with E-state index in [9.17, 15) is 9.90 Å². The van der Waals surface area contributed by atoms with Gasteiger partial charge in [0, 0.05) is 17.5 Å². The first-order valence-corrected chi connectivity index (χ1v) is 7.85. The molecule has 21 heavy (non-hydrogen) atoms. The van der Waals surface area contributed by atoms with Crippen LogP contribution in [0, 0.1) is 10.8 Å². The number of amides is 1. The minimum absolute atomic E-state index is 0.0344. The Balaban J connectivity index is 1.93. The highest BCUT2D eigenvalue weighted by molar-refractivity contribution is 6.04. The van der Waals surface area contributed by atoms with E-state index >= 15 is 0 Å². The maximum Gasteiger partial charge on any atom is 0.242 e. The molecule has 0 radical (unpaired) electrons. The molecule has 3 N–H and O–H groups in total. The Morgan fingerprint density at radius 2 is 1.95 bits per heavy atom. The average Bonchev–Trinajstić information content (AvgIpc) is 2.73. The number of nitrogens with zero attached hydrogens (tertiary/aromatic N) is 1. The Kier molecular flexibility index (Phi) is 4.71. The Labute approximate surface area is 126 Å².